The average Bonchev–Trinajstić information content (AvgIpc) is 3.08. The second-order valence-corrected chi connectivity index (χ2v) is 7.84. The van der Waals surface area contributed by atoms with Gasteiger partial charge in [-0.2, -0.15) is 0 Å². The highest BCUT2D eigenvalue weighted by molar-refractivity contribution is 6.22. The molecule has 0 saturated carbocycles. The molecule has 2 aliphatic heterocycles. The number of hydrogen-bond donors (Lipinski definition) is 1. The summed E-state index contributed by atoms with van der Waals surface area (Å²) in [7, 11) is 0. The van der Waals surface area contributed by atoms with Gasteiger partial charge < -0.3 is 9.80 Å². The number of quaternary nitrogens is 1. The third-order valence-corrected chi connectivity index (χ3v) is 6.16. The van der Waals surface area contributed by atoms with E-state index in [-0.39, 0.29) is 17.9 Å². The number of amides is 2. The molecule has 29 heavy (non-hydrogen) atoms. The van der Waals surface area contributed by atoms with Gasteiger partial charge >= 0.3 is 0 Å². The highest BCUT2D eigenvalue weighted by Gasteiger charge is 2.46. The lowest BCUT2D eigenvalue weighted by Gasteiger charge is -2.35. The maximum Gasteiger partial charge on any atom is 0.292 e. The molecule has 2 aliphatic rings. The first kappa shape index (κ1) is 17.9. The molecule has 0 bridgehead atoms. The van der Waals surface area contributed by atoms with E-state index in [4.69, 9.17) is 0 Å². The zero-order chi connectivity index (χ0) is 19.8. The molecule has 0 radical (unpaired) electrons. The summed E-state index contributed by atoms with van der Waals surface area (Å²) in [6.07, 6.45) is 0.298. The van der Waals surface area contributed by atoms with E-state index >= 15 is 0 Å². The van der Waals surface area contributed by atoms with Gasteiger partial charge in [0.2, 0.25) is 5.91 Å². The first-order valence-corrected chi connectivity index (χ1v) is 10.2. The lowest BCUT2D eigenvalue weighted by molar-refractivity contribution is -0.915. The van der Waals surface area contributed by atoms with Crippen molar-refractivity contribution in [1.29, 1.82) is 0 Å². The van der Waals surface area contributed by atoms with E-state index in [0.29, 0.717) is 12.1 Å². The fraction of sp³-hybridized carbons (Fsp3) is 0.250. The first-order valence-electron chi connectivity index (χ1n) is 10.2. The van der Waals surface area contributed by atoms with Crippen LogP contribution in [0.25, 0.3) is 10.8 Å². The molecule has 0 aliphatic carbocycles. The molecule has 0 unspecified atom stereocenters. The minimum absolute atomic E-state index is 0.0616. The maximum absolute atomic E-state index is 13.2. The summed E-state index contributed by atoms with van der Waals surface area (Å²) in [5.74, 6) is -0.151. The topological polar surface area (TPSA) is 45.1 Å². The number of fused-ring (bicyclic) bond motifs is 1. The van der Waals surface area contributed by atoms with Crippen molar-refractivity contribution in [1.82, 2.24) is 0 Å². The van der Waals surface area contributed by atoms with E-state index in [0.717, 1.165) is 37.0 Å². The number of piperazine rings is 1. The monoisotopic (exact) mass is 386 g/mol. The van der Waals surface area contributed by atoms with Crippen molar-refractivity contribution in [3.8, 4) is 0 Å². The number of anilines is 2. The number of carbonyl (C=O) groups is 2. The molecule has 2 saturated heterocycles. The van der Waals surface area contributed by atoms with Gasteiger partial charge in [0.05, 0.1) is 38.3 Å². The number of para-hydroxylation sites is 1. The number of carbonyl (C=O) groups excluding carboxylic acids is 2. The molecule has 1 atom stereocenters. The van der Waals surface area contributed by atoms with Crippen LogP contribution in [0.5, 0.6) is 0 Å². The number of benzene rings is 3. The van der Waals surface area contributed by atoms with Crippen LogP contribution in [0.4, 0.5) is 11.4 Å². The lowest BCUT2D eigenvalue weighted by atomic mass is 10.1. The average molecular weight is 386 g/mol. The largest absolute Gasteiger partial charge is 0.360 e. The third-order valence-electron chi connectivity index (χ3n) is 6.16. The van der Waals surface area contributed by atoms with Gasteiger partial charge in [0, 0.05) is 5.69 Å². The van der Waals surface area contributed by atoms with Gasteiger partial charge in [-0.05, 0) is 35.0 Å². The Morgan fingerprint density at radius 3 is 2.21 bits per heavy atom. The van der Waals surface area contributed by atoms with Gasteiger partial charge in [-0.1, -0.05) is 48.5 Å². The quantitative estimate of drug-likeness (QED) is 0.699. The number of rotatable bonds is 3. The Bertz CT molecular complexity index is 1060. The van der Waals surface area contributed by atoms with E-state index < -0.39 is 0 Å². The minimum Gasteiger partial charge on any atom is -0.360 e. The molecule has 5 nitrogen and oxygen atoms in total. The Morgan fingerprint density at radius 2 is 1.45 bits per heavy atom. The highest BCUT2D eigenvalue weighted by Crippen LogP contribution is 2.26. The molecular weight excluding hydrogens is 362 g/mol. The fourth-order valence-corrected chi connectivity index (χ4v) is 4.58. The van der Waals surface area contributed by atoms with Crippen molar-refractivity contribution in [3.63, 3.8) is 0 Å². The van der Waals surface area contributed by atoms with Crippen LogP contribution < -0.4 is 14.7 Å². The maximum atomic E-state index is 13.2. The van der Waals surface area contributed by atoms with E-state index in [9.17, 15) is 9.59 Å². The normalized spacial score (nSPS) is 20.6. The van der Waals surface area contributed by atoms with E-state index in [1.54, 1.807) is 0 Å². The molecule has 2 fully saturated rings. The molecule has 146 valence electrons. The molecule has 2 amide bonds. The van der Waals surface area contributed by atoms with Gasteiger partial charge in [0.1, 0.15) is 0 Å². The number of imide groups is 1. The molecule has 1 N–H and O–H groups in total. The van der Waals surface area contributed by atoms with Crippen molar-refractivity contribution in [2.75, 3.05) is 36.0 Å². The fourth-order valence-electron chi connectivity index (χ4n) is 4.58. The van der Waals surface area contributed by atoms with Crippen molar-refractivity contribution in [2.45, 2.75) is 12.5 Å². The van der Waals surface area contributed by atoms with E-state index in [1.165, 1.54) is 15.5 Å². The Morgan fingerprint density at radius 1 is 0.759 bits per heavy atom. The van der Waals surface area contributed by atoms with Crippen LogP contribution in [-0.2, 0) is 9.59 Å². The number of hydrogen-bond acceptors (Lipinski definition) is 3. The molecule has 5 rings (SSSR count). The van der Waals surface area contributed by atoms with Crippen LogP contribution >= 0.6 is 0 Å². The zero-order valence-electron chi connectivity index (χ0n) is 16.3. The summed E-state index contributed by atoms with van der Waals surface area (Å²) in [5, 5.41) is 2.15. The van der Waals surface area contributed by atoms with Crippen LogP contribution in [-0.4, -0.2) is 44.0 Å². The molecule has 0 spiro atoms. The third kappa shape index (κ3) is 3.28. The van der Waals surface area contributed by atoms with Gasteiger partial charge in [-0.3, -0.25) is 9.59 Å². The summed E-state index contributed by atoms with van der Waals surface area (Å²) in [4.78, 5) is 30.9. The second kappa shape index (κ2) is 7.33. The molecule has 2 heterocycles. The predicted octanol–water partition coefficient (Wildman–Crippen LogP) is 1.88. The van der Waals surface area contributed by atoms with Gasteiger partial charge in [0.15, 0.2) is 6.04 Å². The van der Waals surface area contributed by atoms with Crippen LogP contribution in [0.1, 0.15) is 6.42 Å². The van der Waals surface area contributed by atoms with Crippen LogP contribution in [0.2, 0.25) is 0 Å². The SMILES string of the molecule is O=C1C[C@H]([NH+]2CCN(c3ccccc3)CC2)C(=O)N1c1ccc2ccccc2c1. The Balaban J connectivity index is 1.31. The van der Waals surface area contributed by atoms with Crippen molar-refractivity contribution in [3.05, 3.63) is 72.8 Å². The second-order valence-electron chi connectivity index (χ2n) is 7.84. The summed E-state index contributed by atoms with van der Waals surface area (Å²) >= 11 is 0. The molecule has 3 aromatic carbocycles. The van der Waals surface area contributed by atoms with Crippen molar-refractivity contribution in [2.24, 2.45) is 0 Å². The van der Waals surface area contributed by atoms with Crippen LogP contribution in [0.3, 0.4) is 0 Å². The van der Waals surface area contributed by atoms with Gasteiger partial charge in [-0.15, -0.1) is 0 Å². The number of nitrogens with one attached hydrogen (secondary N) is 1. The Hall–Kier alpha value is -3.18. The van der Waals surface area contributed by atoms with Crippen molar-refractivity contribution < 1.29 is 14.5 Å². The molecule has 0 aromatic heterocycles. The smallest absolute Gasteiger partial charge is 0.292 e. The molecular formula is C24H24N3O2+. The van der Waals surface area contributed by atoms with Crippen LogP contribution in [0.15, 0.2) is 72.8 Å². The van der Waals surface area contributed by atoms with Gasteiger partial charge in [0.25, 0.3) is 5.91 Å². The first-order chi connectivity index (χ1) is 14.2. The predicted molar refractivity (Wildman–Crippen MR) is 114 cm³/mol. The lowest BCUT2D eigenvalue weighted by Crippen LogP contribution is -3.19. The highest BCUT2D eigenvalue weighted by atomic mass is 16.2. The Labute approximate surface area is 170 Å². The summed E-state index contributed by atoms with van der Waals surface area (Å²) in [6.45, 7) is 3.52. The molecule has 3 aromatic rings. The summed E-state index contributed by atoms with van der Waals surface area (Å²) in [6, 6.07) is 23.9. The summed E-state index contributed by atoms with van der Waals surface area (Å²) < 4.78 is 0. The minimum atomic E-state index is -0.271. The van der Waals surface area contributed by atoms with Crippen molar-refractivity contribution >= 4 is 34.0 Å². The molecule has 5 heteroatoms. The zero-order valence-corrected chi connectivity index (χ0v) is 16.3. The summed E-state index contributed by atoms with van der Waals surface area (Å²) in [5.41, 5.74) is 1.90. The van der Waals surface area contributed by atoms with E-state index in [2.05, 4.69) is 29.2 Å². The van der Waals surface area contributed by atoms with Gasteiger partial charge in [-0.25, -0.2) is 4.90 Å². The van der Waals surface area contributed by atoms with E-state index in [1.807, 2.05) is 48.5 Å². The standard InChI is InChI=1S/C24H23N3O2/c28-23-17-22(26-14-12-25(13-15-26)20-8-2-1-3-9-20)24(29)27(23)21-11-10-18-6-4-5-7-19(18)16-21/h1-11,16,22H,12-15,17H2/p+1/t22-/m0/s1. The van der Waals surface area contributed by atoms with Crippen LogP contribution in [0, 0.1) is 0 Å². The number of nitrogens with zero attached hydrogens (tertiary/aromatic N) is 2. The Kier molecular flexibility index (Phi) is 4.52.